The van der Waals surface area contributed by atoms with Gasteiger partial charge >= 0.3 is 0 Å². The Hall–Kier alpha value is -1.87. The van der Waals surface area contributed by atoms with Crippen LogP contribution in [0.25, 0.3) is 0 Å². The van der Waals surface area contributed by atoms with Crippen LogP contribution in [0.3, 0.4) is 0 Å². The predicted molar refractivity (Wildman–Crippen MR) is 82.7 cm³/mol. The first-order valence-electron chi connectivity index (χ1n) is 7.05. The van der Waals surface area contributed by atoms with Crippen molar-refractivity contribution in [3.05, 3.63) is 59.9 Å². The first-order valence-corrected chi connectivity index (χ1v) is 7.05. The Kier molecular flexibility index (Phi) is 4.74. The molecule has 2 nitrogen and oxygen atoms in total. The van der Waals surface area contributed by atoms with Crippen LogP contribution in [-0.2, 0) is 0 Å². The summed E-state index contributed by atoms with van der Waals surface area (Å²) in [6, 6.07) is 14.8. The third-order valence-electron chi connectivity index (χ3n) is 3.53. The van der Waals surface area contributed by atoms with Crippen LogP contribution in [0.5, 0.6) is 0 Å². The fourth-order valence-corrected chi connectivity index (χ4v) is 2.41. The van der Waals surface area contributed by atoms with Crippen molar-refractivity contribution in [2.24, 2.45) is 5.73 Å². The van der Waals surface area contributed by atoms with E-state index in [4.69, 9.17) is 5.73 Å². The van der Waals surface area contributed by atoms with Gasteiger partial charge < -0.3 is 10.6 Å². The van der Waals surface area contributed by atoms with Crippen molar-refractivity contribution in [3.63, 3.8) is 0 Å². The zero-order chi connectivity index (χ0) is 14.5. The van der Waals surface area contributed by atoms with Gasteiger partial charge in [0, 0.05) is 18.3 Å². The number of hydrogen-bond acceptors (Lipinski definition) is 2. The van der Waals surface area contributed by atoms with Gasteiger partial charge in [-0.25, -0.2) is 4.39 Å². The topological polar surface area (TPSA) is 29.3 Å². The monoisotopic (exact) mass is 272 g/mol. The fraction of sp³-hybridized carbons (Fsp3) is 0.294. The summed E-state index contributed by atoms with van der Waals surface area (Å²) in [6.45, 7) is 4.76. The molecule has 2 aromatic rings. The Morgan fingerprint density at radius 2 is 1.60 bits per heavy atom. The number of rotatable bonds is 5. The molecule has 2 rings (SSSR count). The molecule has 0 aliphatic heterocycles. The van der Waals surface area contributed by atoms with Gasteiger partial charge in [-0.3, -0.25) is 0 Å². The lowest BCUT2D eigenvalue weighted by molar-refractivity contribution is 0.625. The second kappa shape index (κ2) is 6.53. The molecule has 0 aliphatic rings. The fourth-order valence-electron chi connectivity index (χ4n) is 2.41. The summed E-state index contributed by atoms with van der Waals surface area (Å²) < 4.78 is 14.1. The van der Waals surface area contributed by atoms with Gasteiger partial charge in [0.1, 0.15) is 5.82 Å². The van der Waals surface area contributed by atoms with Crippen LogP contribution < -0.4 is 10.6 Å². The molecule has 1 atom stereocenters. The van der Waals surface area contributed by atoms with E-state index in [1.807, 2.05) is 42.2 Å². The number of nitrogens with two attached hydrogens (primary N) is 1. The third-order valence-corrected chi connectivity index (χ3v) is 3.53. The van der Waals surface area contributed by atoms with E-state index in [9.17, 15) is 4.39 Å². The second-order valence-electron chi connectivity index (χ2n) is 4.77. The maximum Gasteiger partial charge on any atom is 0.146 e. The molecule has 2 aromatic carbocycles. The number of para-hydroxylation sites is 2. The highest BCUT2D eigenvalue weighted by Gasteiger charge is 2.17. The maximum absolute atomic E-state index is 14.1. The summed E-state index contributed by atoms with van der Waals surface area (Å²) in [6.07, 6.45) is 0.853. The molecule has 1 unspecified atom stereocenters. The first-order chi connectivity index (χ1) is 9.69. The van der Waals surface area contributed by atoms with Crippen molar-refractivity contribution in [2.75, 3.05) is 11.4 Å². The Balaban J connectivity index is 2.50. The van der Waals surface area contributed by atoms with Crippen LogP contribution in [0.1, 0.15) is 31.9 Å². The smallest absolute Gasteiger partial charge is 0.146 e. The Morgan fingerprint density at radius 3 is 2.20 bits per heavy atom. The minimum Gasteiger partial charge on any atom is -0.339 e. The van der Waals surface area contributed by atoms with Gasteiger partial charge in [0.05, 0.1) is 5.69 Å². The largest absolute Gasteiger partial charge is 0.339 e. The van der Waals surface area contributed by atoms with Gasteiger partial charge in [-0.15, -0.1) is 0 Å². The van der Waals surface area contributed by atoms with Crippen molar-refractivity contribution in [1.29, 1.82) is 0 Å². The molecule has 0 heterocycles. The van der Waals surface area contributed by atoms with Gasteiger partial charge in [-0.05, 0) is 37.1 Å². The SMILES string of the molecule is CCC(N)c1ccccc1N(CC)c1ccccc1F. The summed E-state index contributed by atoms with van der Waals surface area (Å²) in [5, 5.41) is 0. The number of benzene rings is 2. The quantitative estimate of drug-likeness (QED) is 0.874. The molecule has 0 fully saturated rings. The molecule has 20 heavy (non-hydrogen) atoms. The van der Waals surface area contributed by atoms with E-state index >= 15 is 0 Å². The molecule has 106 valence electrons. The van der Waals surface area contributed by atoms with Crippen LogP contribution in [0, 0.1) is 5.82 Å². The Labute approximate surface area is 120 Å². The van der Waals surface area contributed by atoms with Crippen LogP contribution in [0.15, 0.2) is 48.5 Å². The highest BCUT2D eigenvalue weighted by molar-refractivity contribution is 5.67. The lowest BCUT2D eigenvalue weighted by Crippen LogP contribution is -2.21. The molecule has 0 aromatic heterocycles. The number of hydrogen-bond donors (Lipinski definition) is 1. The normalized spacial score (nSPS) is 12.2. The van der Waals surface area contributed by atoms with E-state index in [1.54, 1.807) is 12.1 Å². The second-order valence-corrected chi connectivity index (χ2v) is 4.77. The van der Waals surface area contributed by atoms with E-state index in [-0.39, 0.29) is 11.9 Å². The molecule has 0 amide bonds. The van der Waals surface area contributed by atoms with E-state index in [0.29, 0.717) is 12.2 Å². The van der Waals surface area contributed by atoms with E-state index in [1.165, 1.54) is 6.07 Å². The molecule has 0 aliphatic carbocycles. The van der Waals surface area contributed by atoms with Crippen molar-refractivity contribution in [2.45, 2.75) is 26.3 Å². The van der Waals surface area contributed by atoms with Crippen LogP contribution >= 0.6 is 0 Å². The predicted octanol–water partition coefficient (Wildman–Crippen LogP) is 4.39. The highest BCUT2D eigenvalue weighted by Crippen LogP contribution is 2.33. The van der Waals surface area contributed by atoms with E-state index in [2.05, 4.69) is 6.92 Å². The lowest BCUT2D eigenvalue weighted by atomic mass is 10.0. The minimum atomic E-state index is -0.214. The molecular formula is C17H21FN2. The minimum absolute atomic E-state index is 0.0352. The Morgan fingerprint density at radius 1 is 1.00 bits per heavy atom. The van der Waals surface area contributed by atoms with Crippen molar-refractivity contribution in [3.8, 4) is 0 Å². The van der Waals surface area contributed by atoms with Gasteiger partial charge in [0.15, 0.2) is 0 Å². The average molecular weight is 272 g/mol. The molecular weight excluding hydrogens is 251 g/mol. The molecule has 0 saturated carbocycles. The zero-order valence-corrected chi connectivity index (χ0v) is 12.0. The molecule has 2 N–H and O–H groups in total. The van der Waals surface area contributed by atoms with Crippen LogP contribution in [0.4, 0.5) is 15.8 Å². The average Bonchev–Trinajstić information content (AvgIpc) is 2.49. The molecule has 0 radical (unpaired) electrons. The van der Waals surface area contributed by atoms with Crippen molar-refractivity contribution in [1.82, 2.24) is 0 Å². The third kappa shape index (κ3) is 2.83. The molecule has 0 spiro atoms. The van der Waals surface area contributed by atoms with Crippen molar-refractivity contribution < 1.29 is 4.39 Å². The van der Waals surface area contributed by atoms with E-state index < -0.39 is 0 Å². The summed E-state index contributed by atoms with van der Waals surface area (Å²) >= 11 is 0. The number of halogens is 1. The van der Waals surface area contributed by atoms with Crippen LogP contribution in [-0.4, -0.2) is 6.54 Å². The number of nitrogens with zero attached hydrogens (tertiary/aromatic N) is 1. The van der Waals surface area contributed by atoms with Crippen molar-refractivity contribution >= 4 is 11.4 Å². The lowest BCUT2D eigenvalue weighted by Gasteiger charge is -2.28. The summed E-state index contributed by atoms with van der Waals surface area (Å²) in [7, 11) is 0. The van der Waals surface area contributed by atoms with Gasteiger partial charge in [-0.1, -0.05) is 37.3 Å². The van der Waals surface area contributed by atoms with Crippen LogP contribution in [0.2, 0.25) is 0 Å². The number of anilines is 2. The van der Waals surface area contributed by atoms with Gasteiger partial charge in [0.25, 0.3) is 0 Å². The highest BCUT2D eigenvalue weighted by atomic mass is 19.1. The molecule has 0 bridgehead atoms. The van der Waals surface area contributed by atoms with E-state index in [0.717, 1.165) is 17.7 Å². The van der Waals surface area contributed by atoms with Gasteiger partial charge in [0.2, 0.25) is 0 Å². The molecule has 0 saturated heterocycles. The Bertz CT molecular complexity index is 568. The first kappa shape index (κ1) is 14.5. The zero-order valence-electron chi connectivity index (χ0n) is 12.0. The maximum atomic E-state index is 14.1. The summed E-state index contributed by atoms with van der Waals surface area (Å²) in [5.74, 6) is -0.214. The summed E-state index contributed by atoms with van der Waals surface area (Å²) in [4.78, 5) is 1.97. The summed E-state index contributed by atoms with van der Waals surface area (Å²) in [5.41, 5.74) is 8.81. The molecule has 3 heteroatoms. The van der Waals surface area contributed by atoms with Gasteiger partial charge in [-0.2, -0.15) is 0 Å². The standard InChI is InChI=1S/C17H21FN2/c1-3-15(19)13-9-5-7-11-16(13)20(4-2)17-12-8-6-10-14(17)18/h5-12,15H,3-4,19H2,1-2H3.